The van der Waals surface area contributed by atoms with Crippen molar-refractivity contribution in [1.82, 2.24) is 0 Å². The van der Waals surface area contributed by atoms with E-state index in [1.54, 1.807) is 6.07 Å². The summed E-state index contributed by atoms with van der Waals surface area (Å²) < 4.78 is 5.78. The minimum Gasteiger partial charge on any atom is -0.488 e. The predicted molar refractivity (Wildman–Crippen MR) is 81.4 cm³/mol. The first-order valence-corrected chi connectivity index (χ1v) is 6.92. The highest BCUT2D eigenvalue weighted by molar-refractivity contribution is 5.91. The van der Waals surface area contributed by atoms with Crippen LogP contribution < -0.4 is 10.5 Å². The van der Waals surface area contributed by atoms with Crippen molar-refractivity contribution < 1.29 is 14.6 Å². The van der Waals surface area contributed by atoms with E-state index in [1.165, 1.54) is 6.07 Å². The first-order valence-electron chi connectivity index (χ1n) is 6.92. The van der Waals surface area contributed by atoms with Crippen LogP contribution in [0.15, 0.2) is 48.5 Å². The van der Waals surface area contributed by atoms with Gasteiger partial charge in [-0.3, -0.25) is 0 Å². The third-order valence-corrected chi connectivity index (χ3v) is 3.34. The van der Waals surface area contributed by atoms with Gasteiger partial charge in [-0.1, -0.05) is 49.4 Å². The Balaban J connectivity index is 2.32. The molecule has 0 spiro atoms. The standard InChI is InChI=1S/C17H19NO3/c1-2-15(18)13-9-6-10-14(17(19)20)16(13)21-11-12-7-4-3-5-8-12/h3-10,15H,2,11,18H2,1H3,(H,19,20). The number of hydrogen-bond donors (Lipinski definition) is 2. The minimum atomic E-state index is -1.01. The number of carboxylic acids is 1. The van der Waals surface area contributed by atoms with Crippen LogP contribution in [-0.2, 0) is 6.61 Å². The van der Waals surface area contributed by atoms with Crippen molar-refractivity contribution in [2.24, 2.45) is 5.73 Å². The second-order valence-corrected chi connectivity index (χ2v) is 4.82. The van der Waals surface area contributed by atoms with Crippen LogP contribution in [0.2, 0.25) is 0 Å². The van der Waals surface area contributed by atoms with Gasteiger partial charge in [-0.15, -0.1) is 0 Å². The highest BCUT2D eigenvalue weighted by Crippen LogP contribution is 2.30. The molecule has 2 aromatic carbocycles. The lowest BCUT2D eigenvalue weighted by atomic mass is 10.0. The Morgan fingerprint density at radius 3 is 2.52 bits per heavy atom. The Labute approximate surface area is 124 Å². The summed E-state index contributed by atoms with van der Waals surface area (Å²) >= 11 is 0. The summed E-state index contributed by atoms with van der Waals surface area (Å²) in [6, 6.07) is 14.4. The van der Waals surface area contributed by atoms with E-state index in [9.17, 15) is 9.90 Å². The zero-order valence-corrected chi connectivity index (χ0v) is 12.0. The largest absolute Gasteiger partial charge is 0.488 e. The van der Waals surface area contributed by atoms with Gasteiger partial charge in [0, 0.05) is 11.6 Å². The maximum absolute atomic E-state index is 11.4. The fourth-order valence-electron chi connectivity index (χ4n) is 2.13. The maximum atomic E-state index is 11.4. The monoisotopic (exact) mass is 285 g/mol. The molecule has 0 heterocycles. The molecule has 0 radical (unpaired) electrons. The van der Waals surface area contributed by atoms with Crippen LogP contribution in [-0.4, -0.2) is 11.1 Å². The molecule has 4 heteroatoms. The summed E-state index contributed by atoms with van der Waals surface area (Å²) in [4.78, 5) is 11.4. The Hall–Kier alpha value is -2.33. The minimum absolute atomic E-state index is 0.146. The maximum Gasteiger partial charge on any atom is 0.339 e. The summed E-state index contributed by atoms with van der Waals surface area (Å²) in [5.74, 6) is -0.647. The molecule has 0 saturated carbocycles. The second-order valence-electron chi connectivity index (χ2n) is 4.82. The molecular formula is C17H19NO3. The van der Waals surface area contributed by atoms with Crippen molar-refractivity contribution in [2.45, 2.75) is 26.0 Å². The molecule has 0 bridgehead atoms. The molecule has 0 aliphatic heterocycles. The van der Waals surface area contributed by atoms with Gasteiger partial charge >= 0.3 is 5.97 Å². The normalized spacial score (nSPS) is 11.9. The van der Waals surface area contributed by atoms with Crippen molar-refractivity contribution in [1.29, 1.82) is 0 Å². The Kier molecular flexibility index (Phi) is 4.95. The van der Waals surface area contributed by atoms with Gasteiger partial charge < -0.3 is 15.6 Å². The third-order valence-electron chi connectivity index (χ3n) is 3.34. The van der Waals surface area contributed by atoms with Gasteiger partial charge in [0.05, 0.1) is 0 Å². The molecule has 21 heavy (non-hydrogen) atoms. The predicted octanol–water partition coefficient (Wildman–Crippen LogP) is 3.37. The molecule has 0 fully saturated rings. The van der Waals surface area contributed by atoms with E-state index < -0.39 is 5.97 Å². The quantitative estimate of drug-likeness (QED) is 0.853. The first kappa shape index (κ1) is 15.1. The molecule has 2 rings (SSSR count). The molecule has 2 aromatic rings. The summed E-state index contributed by atoms with van der Waals surface area (Å²) in [5.41, 5.74) is 7.92. The van der Waals surface area contributed by atoms with E-state index in [0.717, 1.165) is 11.1 Å². The molecule has 1 atom stereocenters. The van der Waals surface area contributed by atoms with Crippen molar-refractivity contribution in [3.63, 3.8) is 0 Å². The number of carboxylic acid groups (broad SMARTS) is 1. The molecule has 0 aromatic heterocycles. The van der Waals surface area contributed by atoms with Crippen molar-refractivity contribution in [3.8, 4) is 5.75 Å². The van der Waals surface area contributed by atoms with Crippen LogP contribution >= 0.6 is 0 Å². The van der Waals surface area contributed by atoms with Crippen LogP contribution in [0.25, 0.3) is 0 Å². The summed E-state index contributed by atoms with van der Waals surface area (Å²) in [5, 5.41) is 9.32. The lowest BCUT2D eigenvalue weighted by Crippen LogP contribution is -2.13. The van der Waals surface area contributed by atoms with Gasteiger partial charge in [0.2, 0.25) is 0 Å². The topological polar surface area (TPSA) is 72.6 Å². The highest BCUT2D eigenvalue weighted by atomic mass is 16.5. The zero-order chi connectivity index (χ0) is 15.2. The summed E-state index contributed by atoms with van der Waals surface area (Å²) in [6.45, 7) is 2.27. The number of carbonyl (C=O) groups is 1. The molecule has 110 valence electrons. The molecule has 1 unspecified atom stereocenters. The molecule has 0 saturated heterocycles. The van der Waals surface area contributed by atoms with Crippen molar-refractivity contribution in [2.75, 3.05) is 0 Å². The van der Waals surface area contributed by atoms with E-state index >= 15 is 0 Å². The van der Waals surface area contributed by atoms with Gasteiger partial charge in [0.25, 0.3) is 0 Å². The Bertz CT molecular complexity index is 611. The SMILES string of the molecule is CCC(N)c1cccc(C(=O)O)c1OCc1ccccc1. The Morgan fingerprint density at radius 2 is 1.90 bits per heavy atom. The fraction of sp³-hybridized carbons (Fsp3) is 0.235. The van der Waals surface area contributed by atoms with Gasteiger partial charge in [0.1, 0.15) is 17.9 Å². The molecule has 0 aliphatic rings. The Morgan fingerprint density at radius 1 is 1.19 bits per heavy atom. The van der Waals surface area contributed by atoms with Gasteiger partial charge in [-0.05, 0) is 18.1 Å². The van der Waals surface area contributed by atoms with E-state index in [4.69, 9.17) is 10.5 Å². The third kappa shape index (κ3) is 3.61. The van der Waals surface area contributed by atoms with E-state index in [2.05, 4.69) is 0 Å². The fourth-order valence-corrected chi connectivity index (χ4v) is 2.13. The number of rotatable bonds is 6. The molecule has 3 N–H and O–H groups in total. The molecule has 0 amide bonds. The smallest absolute Gasteiger partial charge is 0.339 e. The average Bonchev–Trinajstić information content (AvgIpc) is 2.52. The van der Waals surface area contributed by atoms with Crippen LogP contribution in [0.4, 0.5) is 0 Å². The number of benzene rings is 2. The van der Waals surface area contributed by atoms with Crippen molar-refractivity contribution >= 4 is 5.97 Å². The molecular weight excluding hydrogens is 266 g/mol. The van der Waals surface area contributed by atoms with E-state index in [0.29, 0.717) is 18.8 Å². The average molecular weight is 285 g/mol. The van der Waals surface area contributed by atoms with Gasteiger partial charge in [0.15, 0.2) is 0 Å². The van der Waals surface area contributed by atoms with Crippen molar-refractivity contribution in [3.05, 3.63) is 65.2 Å². The van der Waals surface area contributed by atoms with Gasteiger partial charge in [-0.25, -0.2) is 4.79 Å². The number of para-hydroxylation sites is 1. The molecule has 0 aliphatic carbocycles. The summed E-state index contributed by atoms with van der Waals surface area (Å²) in [7, 11) is 0. The number of ether oxygens (including phenoxy) is 1. The van der Waals surface area contributed by atoms with Crippen LogP contribution in [0.1, 0.15) is 40.9 Å². The molecule has 4 nitrogen and oxygen atoms in total. The van der Waals surface area contributed by atoms with Crippen LogP contribution in [0, 0.1) is 0 Å². The lowest BCUT2D eigenvalue weighted by Gasteiger charge is -2.17. The highest BCUT2D eigenvalue weighted by Gasteiger charge is 2.18. The number of nitrogens with two attached hydrogens (primary N) is 1. The zero-order valence-electron chi connectivity index (χ0n) is 12.0. The first-order chi connectivity index (χ1) is 10.1. The second kappa shape index (κ2) is 6.90. The van der Waals surface area contributed by atoms with Crippen LogP contribution in [0.3, 0.4) is 0 Å². The number of aromatic carboxylic acids is 1. The van der Waals surface area contributed by atoms with E-state index in [1.807, 2.05) is 43.3 Å². The van der Waals surface area contributed by atoms with E-state index in [-0.39, 0.29) is 11.6 Å². The number of hydrogen-bond acceptors (Lipinski definition) is 3. The van der Waals surface area contributed by atoms with Crippen LogP contribution in [0.5, 0.6) is 5.75 Å². The summed E-state index contributed by atoms with van der Waals surface area (Å²) in [6.07, 6.45) is 0.713. The van der Waals surface area contributed by atoms with Gasteiger partial charge in [-0.2, -0.15) is 0 Å². The lowest BCUT2D eigenvalue weighted by molar-refractivity contribution is 0.0691.